The van der Waals surface area contributed by atoms with Crippen molar-refractivity contribution in [3.05, 3.63) is 58.4 Å². The van der Waals surface area contributed by atoms with Gasteiger partial charge in [0.05, 0.1) is 10.4 Å². The molecule has 2 amide bonds. The summed E-state index contributed by atoms with van der Waals surface area (Å²) in [5, 5.41) is 4.81. The minimum absolute atomic E-state index is 0.0519. The lowest BCUT2D eigenvalue weighted by molar-refractivity contribution is -0.120. The maximum Gasteiger partial charge on any atom is 0.264 e. The molecular weight excluding hydrogens is 380 g/mol. The normalized spacial score (nSPS) is 18.0. The number of halogens is 1. The zero-order valence-corrected chi connectivity index (χ0v) is 16.1. The summed E-state index contributed by atoms with van der Waals surface area (Å²) in [5.74, 6) is 0.148. The Kier molecular flexibility index (Phi) is 3.78. The minimum atomic E-state index is -0.175. The second-order valence-electron chi connectivity index (χ2n) is 7.36. The van der Waals surface area contributed by atoms with Crippen LogP contribution in [-0.2, 0) is 4.79 Å². The van der Waals surface area contributed by atoms with E-state index in [0.717, 1.165) is 32.5 Å². The van der Waals surface area contributed by atoms with Crippen LogP contribution in [0.3, 0.4) is 0 Å². The summed E-state index contributed by atoms with van der Waals surface area (Å²) in [4.78, 5) is 26.9. The number of nitrogens with one attached hydrogen (secondary N) is 1. The second-order valence-corrected chi connectivity index (χ2v) is 8.88. The number of carbonyl (C=O) groups excluding carboxylic acids is 2. The molecule has 27 heavy (non-hydrogen) atoms. The summed E-state index contributed by atoms with van der Waals surface area (Å²) in [6.07, 6.45) is 1.39. The molecule has 2 aromatic carbocycles. The van der Waals surface area contributed by atoms with Gasteiger partial charge in [-0.2, -0.15) is 0 Å². The molecule has 2 aliphatic rings. The molecule has 2 fully saturated rings. The first-order chi connectivity index (χ1) is 13.0. The predicted octanol–water partition coefficient (Wildman–Crippen LogP) is 4.33. The number of likely N-dealkylation sites (tertiary alicyclic amines) is 1. The zero-order chi connectivity index (χ0) is 18.6. The Hall–Kier alpha value is -2.37. The van der Waals surface area contributed by atoms with Gasteiger partial charge in [-0.25, -0.2) is 0 Å². The Bertz CT molecular complexity index is 1070. The molecule has 6 heteroatoms. The van der Waals surface area contributed by atoms with Gasteiger partial charge in [0.1, 0.15) is 0 Å². The van der Waals surface area contributed by atoms with Crippen LogP contribution < -0.4 is 5.32 Å². The Labute approximate surface area is 165 Å². The number of rotatable bonds is 2. The number of thiophene rings is 1. The summed E-state index contributed by atoms with van der Waals surface area (Å²) in [6.45, 7) is 1.23. The molecule has 1 N–H and O–H groups in total. The molecule has 3 aromatic rings. The molecule has 0 aliphatic carbocycles. The molecular formula is C21H17ClN2O2S. The predicted molar refractivity (Wildman–Crippen MR) is 108 cm³/mol. The average Bonchev–Trinajstić information content (AvgIpc) is 3.23. The Balaban J connectivity index is 1.38. The topological polar surface area (TPSA) is 49.4 Å². The van der Waals surface area contributed by atoms with E-state index in [2.05, 4.69) is 23.5 Å². The van der Waals surface area contributed by atoms with Crippen molar-refractivity contribution in [3.63, 3.8) is 0 Å². The first kappa shape index (κ1) is 16.8. The van der Waals surface area contributed by atoms with Gasteiger partial charge in [-0.05, 0) is 53.3 Å². The van der Waals surface area contributed by atoms with Gasteiger partial charge in [-0.1, -0.05) is 29.8 Å². The van der Waals surface area contributed by atoms with Crippen LogP contribution in [0.25, 0.3) is 21.2 Å². The third kappa shape index (κ3) is 2.91. The van der Waals surface area contributed by atoms with Crippen LogP contribution in [-0.4, -0.2) is 35.3 Å². The van der Waals surface area contributed by atoms with E-state index in [0.29, 0.717) is 24.5 Å². The molecule has 0 unspecified atom stereocenters. The second kappa shape index (κ2) is 6.08. The summed E-state index contributed by atoms with van der Waals surface area (Å²) in [5.41, 5.74) is 2.03. The molecule has 0 saturated carbocycles. The highest BCUT2D eigenvalue weighted by atomic mass is 35.5. The highest BCUT2D eigenvalue weighted by Crippen LogP contribution is 2.35. The van der Waals surface area contributed by atoms with E-state index in [1.54, 1.807) is 0 Å². The van der Waals surface area contributed by atoms with E-state index < -0.39 is 0 Å². The molecule has 136 valence electrons. The third-order valence-corrected chi connectivity index (χ3v) is 6.77. The van der Waals surface area contributed by atoms with Crippen LogP contribution in [0.5, 0.6) is 0 Å². The highest BCUT2D eigenvalue weighted by molar-refractivity contribution is 7.20. The number of fused-ring (bicyclic) bond motifs is 1. The average molecular weight is 397 g/mol. The quantitative estimate of drug-likeness (QED) is 0.701. The molecule has 0 radical (unpaired) electrons. The summed E-state index contributed by atoms with van der Waals surface area (Å²) in [6, 6.07) is 16.0. The number of hydrogen-bond donors (Lipinski definition) is 1. The lowest BCUT2D eigenvalue weighted by Crippen LogP contribution is -2.68. The van der Waals surface area contributed by atoms with E-state index in [-0.39, 0.29) is 17.4 Å². The number of amides is 2. The van der Waals surface area contributed by atoms with E-state index in [1.165, 1.54) is 11.3 Å². The molecule has 5 rings (SSSR count). The summed E-state index contributed by atoms with van der Waals surface area (Å²) < 4.78 is 1.10. The fraction of sp³-hybridized carbons (Fsp3) is 0.238. The van der Waals surface area contributed by atoms with Crippen molar-refractivity contribution in [2.75, 3.05) is 13.1 Å². The number of benzene rings is 2. The van der Waals surface area contributed by atoms with Gasteiger partial charge in [-0.3, -0.25) is 9.59 Å². The largest absolute Gasteiger partial charge is 0.347 e. The number of hydrogen-bond acceptors (Lipinski definition) is 3. The van der Waals surface area contributed by atoms with E-state index >= 15 is 0 Å². The van der Waals surface area contributed by atoms with Gasteiger partial charge >= 0.3 is 0 Å². The van der Waals surface area contributed by atoms with Crippen LogP contribution in [0.1, 0.15) is 22.5 Å². The van der Waals surface area contributed by atoms with Gasteiger partial charge in [0.2, 0.25) is 5.91 Å². The lowest BCUT2D eigenvalue weighted by atomic mass is 9.88. The SMILES string of the molecule is O=C1CCC2(CN(C(=O)c3cc4cc(-c5ccc(Cl)cc5)ccc4s3)C2)N1. The maximum atomic E-state index is 12.8. The molecule has 4 nitrogen and oxygen atoms in total. The van der Waals surface area contributed by atoms with Crippen molar-refractivity contribution < 1.29 is 9.59 Å². The van der Waals surface area contributed by atoms with Crippen LogP contribution in [0.2, 0.25) is 5.02 Å². The fourth-order valence-corrected chi connectivity index (χ4v) is 5.10. The Morgan fingerprint density at radius 2 is 1.81 bits per heavy atom. The zero-order valence-electron chi connectivity index (χ0n) is 14.5. The molecule has 3 heterocycles. The molecule has 1 spiro atoms. The van der Waals surface area contributed by atoms with Crippen LogP contribution in [0, 0.1) is 0 Å². The molecule has 0 atom stereocenters. The first-order valence-electron chi connectivity index (χ1n) is 8.91. The maximum absolute atomic E-state index is 12.8. The van der Waals surface area contributed by atoms with E-state index in [1.807, 2.05) is 35.2 Å². The standard InChI is InChI=1S/C21H17ClN2O2S/c22-16-4-1-13(2-5-16)14-3-6-17-15(9-14)10-18(27-17)20(26)24-11-21(12-24)8-7-19(25)23-21/h1-6,9-10H,7-8,11-12H2,(H,23,25). The van der Waals surface area contributed by atoms with Crippen molar-refractivity contribution in [3.8, 4) is 11.1 Å². The van der Waals surface area contributed by atoms with Crippen LogP contribution >= 0.6 is 22.9 Å². The van der Waals surface area contributed by atoms with Crippen molar-refractivity contribution in [1.82, 2.24) is 10.2 Å². The highest BCUT2D eigenvalue weighted by Gasteiger charge is 2.49. The van der Waals surface area contributed by atoms with E-state index in [4.69, 9.17) is 11.6 Å². The van der Waals surface area contributed by atoms with Gasteiger partial charge < -0.3 is 10.2 Å². The molecule has 2 saturated heterocycles. The van der Waals surface area contributed by atoms with E-state index in [9.17, 15) is 9.59 Å². The Morgan fingerprint density at radius 3 is 2.52 bits per heavy atom. The van der Waals surface area contributed by atoms with Gasteiger partial charge in [-0.15, -0.1) is 11.3 Å². The molecule has 2 aliphatic heterocycles. The van der Waals surface area contributed by atoms with Crippen molar-refractivity contribution >= 4 is 44.8 Å². The van der Waals surface area contributed by atoms with Crippen molar-refractivity contribution in [1.29, 1.82) is 0 Å². The molecule has 0 bridgehead atoms. The number of nitrogens with zero attached hydrogens (tertiary/aromatic N) is 1. The van der Waals surface area contributed by atoms with Crippen LogP contribution in [0.15, 0.2) is 48.5 Å². The first-order valence-corrected chi connectivity index (χ1v) is 10.1. The van der Waals surface area contributed by atoms with Crippen LogP contribution in [0.4, 0.5) is 0 Å². The fourth-order valence-electron chi connectivity index (χ4n) is 3.97. The summed E-state index contributed by atoms with van der Waals surface area (Å²) >= 11 is 7.49. The monoisotopic (exact) mass is 396 g/mol. The van der Waals surface area contributed by atoms with Crippen molar-refractivity contribution in [2.24, 2.45) is 0 Å². The minimum Gasteiger partial charge on any atom is -0.347 e. The van der Waals surface area contributed by atoms with Crippen molar-refractivity contribution in [2.45, 2.75) is 18.4 Å². The van der Waals surface area contributed by atoms with Gasteiger partial charge in [0.25, 0.3) is 5.91 Å². The smallest absolute Gasteiger partial charge is 0.264 e. The summed E-state index contributed by atoms with van der Waals surface area (Å²) in [7, 11) is 0. The molecule has 1 aromatic heterocycles. The van der Waals surface area contributed by atoms with Gasteiger partial charge in [0, 0.05) is 29.2 Å². The lowest BCUT2D eigenvalue weighted by Gasteiger charge is -2.47. The number of carbonyl (C=O) groups is 2. The third-order valence-electron chi connectivity index (χ3n) is 5.41. The van der Waals surface area contributed by atoms with Gasteiger partial charge in [0.15, 0.2) is 0 Å². The Morgan fingerprint density at radius 1 is 1.07 bits per heavy atom.